The molecule has 2 atom stereocenters. The second kappa shape index (κ2) is 3.32. The lowest BCUT2D eigenvalue weighted by molar-refractivity contribution is -0.149. The van der Waals surface area contributed by atoms with Gasteiger partial charge in [-0.25, -0.2) is 4.79 Å². The molecule has 0 radical (unpaired) electrons. The molecular weight excluding hydrogens is 204 g/mol. The predicted octanol–water partition coefficient (Wildman–Crippen LogP) is 2.01. The molecule has 1 saturated heterocycles. The molecule has 1 aliphatic heterocycles. The number of benzene rings is 1. The van der Waals surface area contributed by atoms with Crippen LogP contribution >= 0.6 is 0 Å². The highest BCUT2D eigenvalue weighted by molar-refractivity contribution is 5.84. The van der Waals surface area contributed by atoms with Crippen molar-refractivity contribution in [1.29, 1.82) is 0 Å². The third-order valence-electron chi connectivity index (χ3n) is 3.42. The van der Waals surface area contributed by atoms with Gasteiger partial charge < -0.3 is 9.47 Å². The van der Waals surface area contributed by atoms with E-state index in [1.165, 1.54) is 5.56 Å². The number of rotatable bonds is 2. The molecule has 0 aromatic heterocycles. The van der Waals surface area contributed by atoms with Crippen molar-refractivity contribution >= 4 is 5.97 Å². The Labute approximate surface area is 94.4 Å². The third kappa shape index (κ3) is 1.21. The average molecular weight is 218 g/mol. The molecule has 1 heterocycles. The molecule has 1 aromatic rings. The van der Waals surface area contributed by atoms with E-state index in [0.717, 1.165) is 18.4 Å². The van der Waals surface area contributed by atoms with Crippen molar-refractivity contribution in [1.82, 2.24) is 0 Å². The Morgan fingerprint density at radius 1 is 1.56 bits per heavy atom. The predicted molar refractivity (Wildman–Crippen MR) is 58.0 cm³/mol. The van der Waals surface area contributed by atoms with Crippen LogP contribution in [0.4, 0.5) is 0 Å². The molecule has 1 fully saturated rings. The molecule has 2 aliphatic rings. The molecule has 0 spiro atoms. The molecule has 0 amide bonds. The van der Waals surface area contributed by atoms with Gasteiger partial charge in [-0.3, -0.25) is 0 Å². The van der Waals surface area contributed by atoms with Crippen LogP contribution < -0.4 is 0 Å². The number of ether oxygens (including phenoxy) is 2. The summed E-state index contributed by atoms with van der Waals surface area (Å²) in [4.78, 5) is 11.8. The van der Waals surface area contributed by atoms with E-state index in [4.69, 9.17) is 9.47 Å². The van der Waals surface area contributed by atoms with Crippen LogP contribution in [0.5, 0.6) is 0 Å². The first-order valence-corrected chi connectivity index (χ1v) is 5.71. The Balaban J connectivity index is 1.90. The summed E-state index contributed by atoms with van der Waals surface area (Å²) in [6.07, 6.45) is 1.57. The van der Waals surface area contributed by atoms with E-state index in [9.17, 15) is 4.79 Å². The number of epoxide rings is 1. The Morgan fingerprint density at radius 3 is 3.19 bits per heavy atom. The smallest absolute Gasteiger partial charge is 0.341 e. The molecule has 84 valence electrons. The fourth-order valence-corrected chi connectivity index (χ4v) is 2.53. The molecule has 0 bridgehead atoms. The second-order valence-electron chi connectivity index (χ2n) is 4.31. The Bertz CT molecular complexity index is 441. The van der Waals surface area contributed by atoms with Gasteiger partial charge in [0.25, 0.3) is 0 Å². The monoisotopic (exact) mass is 218 g/mol. The standard InChI is InChI=1S/C13H14O3/c1-2-15-12(14)13-8-7-9-5-3-4-6-10(9)11(13)16-13/h3-6,11H,2,7-8H2,1H3. The number of carbonyl (C=O) groups is 1. The highest BCUT2D eigenvalue weighted by Crippen LogP contribution is 2.57. The van der Waals surface area contributed by atoms with Gasteiger partial charge in [0.1, 0.15) is 6.10 Å². The van der Waals surface area contributed by atoms with Gasteiger partial charge in [-0.1, -0.05) is 24.3 Å². The minimum Gasteiger partial charge on any atom is -0.464 e. The number of hydrogen-bond donors (Lipinski definition) is 0. The van der Waals surface area contributed by atoms with Crippen LogP contribution in [0.2, 0.25) is 0 Å². The maximum absolute atomic E-state index is 11.8. The van der Waals surface area contributed by atoms with Crippen molar-refractivity contribution in [3.63, 3.8) is 0 Å². The SMILES string of the molecule is CCOC(=O)C12CCc3ccccc3C1O2. The number of carbonyl (C=O) groups excluding carboxylic acids is 1. The van der Waals surface area contributed by atoms with E-state index in [1.807, 2.05) is 25.1 Å². The Morgan fingerprint density at radius 2 is 2.38 bits per heavy atom. The number of fused-ring (bicyclic) bond motifs is 3. The number of aryl methyl sites for hydroxylation is 1. The normalized spacial score (nSPS) is 30.2. The summed E-state index contributed by atoms with van der Waals surface area (Å²) < 4.78 is 10.7. The van der Waals surface area contributed by atoms with Crippen LogP contribution in [0.1, 0.15) is 30.6 Å². The largest absolute Gasteiger partial charge is 0.464 e. The first-order chi connectivity index (χ1) is 7.78. The lowest BCUT2D eigenvalue weighted by atomic mass is 9.84. The molecule has 2 unspecified atom stereocenters. The molecule has 1 aliphatic carbocycles. The van der Waals surface area contributed by atoms with Gasteiger partial charge in [0.15, 0.2) is 5.60 Å². The van der Waals surface area contributed by atoms with Crippen LogP contribution in [-0.4, -0.2) is 18.2 Å². The minimum atomic E-state index is -0.662. The topological polar surface area (TPSA) is 38.8 Å². The first kappa shape index (κ1) is 9.85. The lowest BCUT2D eigenvalue weighted by Crippen LogP contribution is -2.31. The van der Waals surface area contributed by atoms with E-state index in [2.05, 4.69) is 6.07 Å². The van der Waals surface area contributed by atoms with E-state index in [1.54, 1.807) is 0 Å². The Hall–Kier alpha value is -1.35. The number of esters is 1. The molecule has 16 heavy (non-hydrogen) atoms. The van der Waals surface area contributed by atoms with Crippen molar-refractivity contribution in [3.05, 3.63) is 35.4 Å². The van der Waals surface area contributed by atoms with Gasteiger partial charge in [0.2, 0.25) is 0 Å². The van der Waals surface area contributed by atoms with Gasteiger partial charge in [0.05, 0.1) is 6.61 Å². The second-order valence-corrected chi connectivity index (χ2v) is 4.31. The van der Waals surface area contributed by atoms with Crippen molar-refractivity contribution in [2.75, 3.05) is 6.61 Å². The van der Waals surface area contributed by atoms with Crippen LogP contribution in [0.3, 0.4) is 0 Å². The first-order valence-electron chi connectivity index (χ1n) is 5.71. The zero-order chi connectivity index (χ0) is 11.2. The molecule has 0 saturated carbocycles. The summed E-state index contributed by atoms with van der Waals surface area (Å²) in [6, 6.07) is 8.16. The van der Waals surface area contributed by atoms with Crippen LogP contribution in [0.15, 0.2) is 24.3 Å². The zero-order valence-corrected chi connectivity index (χ0v) is 9.23. The quantitative estimate of drug-likeness (QED) is 0.563. The highest BCUT2D eigenvalue weighted by Gasteiger charge is 2.66. The van der Waals surface area contributed by atoms with E-state index < -0.39 is 5.60 Å². The van der Waals surface area contributed by atoms with Crippen molar-refractivity contribution in [2.45, 2.75) is 31.5 Å². The van der Waals surface area contributed by atoms with Gasteiger partial charge in [0, 0.05) is 0 Å². The molecular formula is C13H14O3. The summed E-state index contributed by atoms with van der Waals surface area (Å²) in [5, 5.41) is 0. The molecule has 0 N–H and O–H groups in total. The summed E-state index contributed by atoms with van der Waals surface area (Å²) in [6.45, 7) is 2.24. The lowest BCUT2D eigenvalue weighted by Gasteiger charge is -2.18. The van der Waals surface area contributed by atoms with E-state index in [0.29, 0.717) is 6.61 Å². The van der Waals surface area contributed by atoms with Crippen LogP contribution in [0, 0.1) is 0 Å². The molecule has 3 rings (SSSR count). The summed E-state index contributed by atoms with van der Waals surface area (Å²) >= 11 is 0. The third-order valence-corrected chi connectivity index (χ3v) is 3.42. The van der Waals surface area contributed by atoms with Gasteiger partial charge in [-0.05, 0) is 30.9 Å². The fourth-order valence-electron chi connectivity index (χ4n) is 2.53. The molecule has 3 nitrogen and oxygen atoms in total. The van der Waals surface area contributed by atoms with Crippen molar-refractivity contribution in [2.24, 2.45) is 0 Å². The van der Waals surface area contributed by atoms with E-state index in [-0.39, 0.29) is 12.1 Å². The summed E-state index contributed by atoms with van der Waals surface area (Å²) in [7, 11) is 0. The van der Waals surface area contributed by atoms with Gasteiger partial charge in [-0.15, -0.1) is 0 Å². The molecule has 1 aromatic carbocycles. The van der Waals surface area contributed by atoms with Crippen LogP contribution in [0.25, 0.3) is 0 Å². The average Bonchev–Trinajstić information content (AvgIpc) is 3.06. The highest BCUT2D eigenvalue weighted by atomic mass is 16.7. The zero-order valence-electron chi connectivity index (χ0n) is 9.23. The number of hydrogen-bond acceptors (Lipinski definition) is 3. The summed E-state index contributed by atoms with van der Waals surface area (Å²) in [5.74, 6) is -0.200. The van der Waals surface area contributed by atoms with Gasteiger partial charge >= 0.3 is 5.97 Å². The fraction of sp³-hybridized carbons (Fsp3) is 0.462. The maximum atomic E-state index is 11.8. The van der Waals surface area contributed by atoms with Crippen molar-refractivity contribution in [3.8, 4) is 0 Å². The molecule has 3 heteroatoms. The van der Waals surface area contributed by atoms with E-state index >= 15 is 0 Å². The van der Waals surface area contributed by atoms with Crippen molar-refractivity contribution < 1.29 is 14.3 Å². The minimum absolute atomic E-state index is 0.0727. The summed E-state index contributed by atoms with van der Waals surface area (Å²) in [5.41, 5.74) is 1.79. The van der Waals surface area contributed by atoms with Crippen LogP contribution in [-0.2, 0) is 20.7 Å². The maximum Gasteiger partial charge on any atom is 0.341 e. The van der Waals surface area contributed by atoms with Gasteiger partial charge in [-0.2, -0.15) is 0 Å². The Kier molecular flexibility index (Phi) is 2.04.